The van der Waals surface area contributed by atoms with E-state index in [-0.39, 0.29) is 18.9 Å². The zero-order valence-electron chi connectivity index (χ0n) is 14.7. The van der Waals surface area contributed by atoms with Gasteiger partial charge in [0.2, 0.25) is 0 Å². The number of rotatable bonds is 3. The number of ether oxygens (including phenoxy) is 2. The molecular weight excluding hydrogens is 352 g/mol. The second kappa shape index (κ2) is 5.54. The summed E-state index contributed by atoms with van der Waals surface area (Å²) in [4.78, 5) is 12.5. The lowest BCUT2D eigenvalue weighted by Gasteiger charge is -2.62. The number of hydrogen-bond donors (Lipinski definition) is 3. The maximum Gasteiger partial charge on any atom is 0.334 e. The molecule has 2 aliphatic heterocycles. The minimum absolute atomic E-state index is 0.143. The third kappa shape index (κ3) is 2.03. The summed E-state index contributed by atoms with van der Waals surface area (Å²) in [6.07, 6.45) is 2.05. The Morgan fingerprint density at radius 3 is 2.93 bits per heavy atom. The van der Waals surface area contributed by atoms with Gasteiger partial charge in [0.05, 0.1) is 36.8 Å². The van der Waals surface area contributed by atoms with Crippen LogP contribution in [0.25, 0.3) is 0 Å². The van der Waals surface area contributed by atoms with Crippen LogP contribution in [0, 0.1) is 16.7 Å². The van der Waals surface area contributed by atoms with E-state index in [9.17, 15) is 20.1 Å². The van der Waals surface area contributed by atoms with Gasteiger partial charge in [-0.2, -0.15) is 0 Å². The van der Waals surface area contributed by atoms with Crippen molar-refractivity contribution in [1.29, 1.82) is 0 Å². The number of aliphatic hydroxyl groups is 3. The first-order valence-corrected chi connectivity index (χ1v) is 9.19. The van der Waals surface area contributed by atoms with Crippen molar-refractivity contribution in [2.24, 2.45) is 16.7 Å². The highest BCUT2D eigenvalue weighted by Crippen LogP contribution is 2.68. The van der Waals surface area contributed by atoms with E-state index >= 15 is 0 Å². The van der Waals surface area contributed by atoms with Crippen molar-refractivity contribution in [3.8, 4) is 0 Å². The van der Waals surface area contributed by atoms with Gasteiger partial charge < -0.3 is 29.2 Å². The molecule has 2 bridgehead atoms. The predicted molar refractivity (Wildman–Crippen MR) is 90.9 cm³/mol. The first-order chi connectivity index (χ1) is 12.9. The highest BCUT2D eigenvalue weighted by Gasteiger charge is 2.72. The van der Waals surface area contributed by atoms with Gasteiger partial charge in [0.15, 0.2) is 6.29 Å². The highest BCUT2D eigenvalue weighted by molar-refractivity contribution is 5.93. The summed E-state index contributed by atoms with van der Waals surface area (Å²) in [5, 5.41) is 32.2. The molecule has 144 valence electrons. The zero-order chi connectivity index (χ0) is 19.0. The van der Waals surface area contributed by atoms with Crippen LogP contribution in [0.4, 0.5) is 0 Å². The Bertz CT molecular complexity index is 827. The fraction of sp³-hybridized carbons (Fsp3) is 0.550. The van der Waals surface area contributed by atoms with Gasteiger partial charge in [-0.25, -0.2) is 4.79 Å². The van der Waals surface area contributed by atoms with Crippen LogP contribution in [-0.4, -0.2) is 46.4 Å². The van der Waals surface area contributed by atoms with E-state index in [2.05, 4.69) is 6.58 Å². The largest absolute Gasteiger partial charge is 0.472 e. The van der Waals surface area contributed by atoms with E-state index < -0.39 is 41.4 Å². The van der Waals surface area contributed by atoms with E-state index in [1.165, 1.54) is 12.5 Å². The summed E-state index contributed by atoms with van der Waals surface area (Å²) in [5.74, 6) is -0.772. The Labute approximate surface area is 155 Å². The van der Waals surface area contributed by atoms with E-state index in [0.29, 0.717) is 29.6 Å². The predicted octanol–water partition coefficient (Wildman–Crippen LogP) is 1.22. The van der Waals surface area contributed by atoms with Crippen molar-refractivity contribution in [3.05, 3.63) is 48.0 Å². The quantitative estimate of drug-likeness (QED) is 0.539. The molecule has 0 amide bonds. The van der Waals surface area contributed by atoms with E-state index in [4.69, 9.17) is 13.9 Å². The van der Waals surface area contributed by atoms with Crippen LogP contribution in [0.5, 0.6) is 0 Å². The van der Waals surface area contributed by atoms with Crippen LogP contribution in [0.1, 0.15) is 30.9 Å². The summed E-state index contributed by atoms with van der Waals surface area (Å²) < 4.78 is 16.5. The number of carbonyl (C=O) groups is 1. The first-order valence-electron chi connectivity index (χ1n) is 9.19. The van der Waals surface area contributed by atoms with Gasteiger partial charge in [-0.05, 0) is 30.9 Å². The molecule has 1 spiro atoms. The van der Waals surface area contributed by atoms with Crippen molar-refractivity contribution in [2.45, 2.75) is 43.9 Å². The fourth-order valence-corrected chi connectivity index (χ4v) is 5.84. The molecule has 1 unspecified atom stereocenters. The number of hydrogen-bond acceptors (Lipinski definition) is 7. The van der Waals surface area contributed by atoms with E-state index in [1.807, 2.05) is 0 Å². The van der Waals surface area contributed by atoms with Crippen LogP contribution >= 0.6 is 0 Å². The first kappa shape index (κ1) is 17.2. The Balaban J connectivity index is 1.64. The number of esters is 1. The van der Waals surface area contributed by atoms with Gasteiger partial charge >= 0.3 is 5.97 Å². The Morgan fingerprint density at radius 2 is 2.19 bits per heavy atom. The average molecular weight is 374 g/mol. The smallest absolute Gasteiger partial charge is 0.334 e. The molecule has 2 saturated heterocycles. The fourth-order valence-electron chi connectivity index (χ4n) is 5.84. The standard InChI is InChI=1S/C20H22O7/c1-10-4-16-20-9-26-18(24)19(10,7-14(22)11-2-3-25-8-11)15(20)6-12(21)5-13(20)17(23)27-16/h2-3,5,8,12,14-16,18,21-22,24H,1,4,6-7,9H2/t12-,14+,15-,16?,18+,19-,20+/m1/s1. The molecule has 27 heavy (non-hydrogen) atoms. The molecule has 1 saturated carbocycles. The SMILES string of the molecule is C=C1CC2OC(=O)C3=C[C@@H](O)C[C@@H]4[C@]1(C[C@H](O)c1ccoc1)[C@@H](O)OC[C@@]324. The molecule has 0 radical (unpaired) electrons. The third-order valence-electron chi connectivity index (χ3n) is 7.09. The third-order valence-corrected chi connectivity index (χ3v) is 7.09. The summed E-state index contributed by atoms with van der Waals surface area (Å²) >= 11 is 0. The molecule has 1 aromatic heterocycles. The normalized spacial score (nSPS) is 43.7. The van der Waals surface area contributed by atoms with Crippen LogP contribution < -0.4 is 0 Å². The van der Waals surface area contributed by atoms with Crippen LogP contribution in [0.3, 0.4) is 0 Å². The van der Waals surface area contributed by atoms with Crippen molar-refractivity contribution >= 4 is 5.97 Å². The van der Waals surface area contributed by atoms with Gasteiger partial charge in [0.1, 0.15) is 6.10 Å². The van der Waals surface area contributed by atoms with E-state index in [1.54, 1.807) is 12.1 Å². The average Bonchev–Trinajstić information content (AvgIpc) is 3.24. The molecule has 1 aromatic rings. The highest BCUT2D eigenvalue weighted by atomic mass is 16.6. The molecule has 7 atom stereocenters. The molecule has 5 rings (SSSR count). The summed E-state index contributed by atoms with van der Waals surface area (Å²) in [5.41, 5.74) is -0.0342. The molecule has 4 aliphatic rings. The molecular formula is C20H22O7. The van der Waals surface area contributed by atoms with Crippen molar-refractivity contribution in [3.63, 3.8) is 0 Å². The zero-order valence-corrected chi connectivity index (χ0v) is 14.7. The molecule has 3 N–H and O–H groups in total. The molecule has 3 heterocycles. The lowest BCUT2D eigenvalue weighted by atomic mass is 9.45. The van der Waals surface area contributed by atoms with Gasteiger partial charge in [-0.15, -0.1) is 0 Å². The Morgan fingerprint density at radius 1 is 1.37 bits per heavy atom. The molecule has 2 aliphatic carbocycles. The maximum absolute atomic E-state index is 12.5. The van der Waals surface area contributed by atoms with Gasteiger partial charge in [-0.1, -0.05) is 12.2 Å². The molecule has 7 nitrogen and oxygen atoms in total. The minimum atomic E-state index is -1.19. The van der Waals surface area contributed by atoms with Crippen LogP contribution in [0.2, 0.25) is 0 Å². The number of carbonyl (C=O) groups excluding carboxylic acids is 1. The number of aliphatic hydroxyl groups excluding tert-OH is 3. The topological polar surface area (TPSA) is 109 Å². The van der Waals surface area contributed by atoms with Crippen molar-refractivity contribution in [1.82, 2.24) is 0 Å². The van der Waals surface area contributed by atoms with E-state index in [0.717, 1.165) is 0 Å². The van der Waals surface area contributed by atoms with Crippen LogP contribution in [0.15, 0.2) is 46.8 Å². The number of furan rings is 1. The lowest BCUT2D eigenvalue weighted by molar-refractivity contribution is -0.284. The van der Waals surface area contributed by atoms with Gasteiger partial charge in [0, 0.05) is 23.0 Å². The van der Waals surface area contributed by atoms with Crippen LogP contribution in [-0.2, 0) is 14.3 Å². The van der Waals surface area contributed by atoms with Gasteiger partial charge in [0.25, 0.3) is 0 Å². The summed E-state index contributed by atoms with van der Waals surface area (Å²) in [7, 11) is 0. The minimum Gasteiger partial charge on any atom is -0.472 e. The molecule has 3 fully saturated rings. The lowest BCUT2D eigenvalue weighted by Crippen LogP contribution is -2.66. The second-order valence-electron chi connectivity index (χ2n) is 8.16. The maximum atomic E-state index is 12.5. The summed E-state index contributed by atoms with van der Waals surface area (Å²) in [6.45, 7) is 4.32. The van der Waals surface area contributed by atoms with Crippen molar-refractivity contribution < 1.29 is 34.0 Å². The Hall–Kier alpha value is -1.93. The van der Waals surface area contributed by atoms with Gasteiger partial charge in [-0.3, -0.25) is 0 Å². The monoisotopic (exact) mass is 374 g/mol. The Kier molecular flexibility index (Phi) is 3.53. The second-order valence-corrected chi connectivity index (χ2v) is 8.16. The molecule has 0 aromatic carbocycles. The van der Waals surface area contributed by atoms with Crippen molar-refractivity contribution in [2.75, 3.05) is 6.61 Å². The summed E-state index contributed by atoms with van der Waals surface area (Å²) in [6, 6.07) is 1.67. The molecule has 7 heteroatoms.